The largest absolute Gasteiger partial charge is 0.381 e. The monoisotopic (exact) mass is 372 g/mol. The fourth-order valence-corrected chi connectivity index (χ4v) is 2.34. The lowest BCUT2D eigenvalue weighted by atomic mass is 10.3. The third kappa shape index (κ3) is 6.04. The molecule has 12 heteroatoms. The van der Waals surface area contributed by atoms with E-state index in [-0.39, 0.29) is 0 Å². The second-order valence-corrected chi connectivity index (χ2v) is 5.66. The number of hydrogen-bond acceptors (Lipinski definition) is 6. The highest BCUT2D eigenvalue weighted by Crippen LogP contribution is 1.94. The van der Waals surface area contributed by atoms with Crippen molar-refractivity contribution in [3.63, 3.8) is 0 Å². The second-order valence-electron chi connectivity index (χ2n) is 5.66. The molecule has 0 aliphatic heterocycles. The number of ether oxygens (including phenoxy) is 2. The lowest BCUT2D eigenvalue weighted by molar-refractivity contribution is 0.0979. The van der Waals surface area contributed by atoms with Crippen molar-refractivity contribution in [3.05, 3.63) is 41.9 Å². The maximum atomic E-state index is 11.2. The Balaban J connectivity index is 1.40. The van der Waals surface area contributed by atoms with E-state index in [2.05, 4.69) is 20.4 Å². The van der Waals surface area contributed by atoms with Gasteiger partial charge in [-0.15, -0.1) is 0 Å². The van der Waals surface area contributed by atoms with Crippen LogP contribution in [0.25, 0.3) is 0 Å². The summed E-state index contributed by atoms with van der Waals surface area (Å²) in [7, 11) is 0. The number of H-pyrrole nitrogens is 4. The molecule has 0 aliphatic rings. The van der Waals surface area contributed by atoms with E-state index in [1.54, 1.807) is 0 Å². The highest BCUT2D eigenvalue weighted by atomic mass is 16.5. The number of nitrogens with one attached hydrogen (secondary N) is 4. The Kier molecular flexibility index (Phi) is 7.89. The van der Waals surface area contributed by atoms with Crippen LogP contribution in [0.2, 0.25) is 0 Å². The van der Waals surface area contributed by atoms with Crippen molar-refractivity contribution < 1.29 is 9.47 Å². The summed E-state index contributed by atoms with van der Waals surface area (Å²) in [5, 5.41) is 8.88. The first-order valence-corrected chi connectivity index (χ1v) is 8.50. The first kappa shape index (κ1) is 19.7. The van der Waals surface area contributed by atoms with Crippen LogP contribution in [0.1, 0.15) is 25.7 Å². The van der Waals surface area contributed by atoms with E-state index in [4.69, 9.17) is 9.47 Å². The van der Waals surface area contributed by atoms with Gasteiger partial charge in [-0.1, -0.05) is 0 Å². The Labute approximate surface area is 147 Å². The van der Waals surface area contributed by atoms with Crippen LogP contribution in [0, 0.1) is 0 Å². The van der Waals surface area contributed by atoms with Crippen LogP contribution in [-0.4, -0.2) is 56.0 Å². The minimum atomic E-state index is -0.446. The summed E-state index contributed by atoms with van der Waals surface area (Å²) in [6.07, 6.45) is 2.83. The van der Waals surface area contributed by atoms with Gasteiger partial charge in [-0.05, 0) is 25.7 Å². The molecule has 12 nitrogen and oxygen atoms in total. The predicted molar refractivity (Wildman–Crippen MR) is 91.5 cm³/mol. The average molecular weight is 372 g/mol. The number of nitrogens with zero attached hydrogens (tertiary/aromatic N) is 2. The van der Waals surface area contributed by atoms with E-state index in [9.17, 15) is 19.2 Å². The van der Waals surface area contributed by atoms with Crippen molar-refractivity contribution in [2.24, 2.45) is 0 Å². The van der Waals surface area contributed by atoms with Crippen molar-refractivity contribution in [2.75, 3.05) is 26.4 Å². The van der Waals surface area contributed by atoms with Gasteiger partial charge in [0.05, 0.1) is 0 Å². The smallest absolute Gasteiger partial charge is 0.344 e. The van der Waals surface area contributed by atoms with E-state index in [1.165, 1.54) is 0 Å². The standard InChI is InChI=1S/C14H24N6O6/c21-11-15-16-12(22)19(11)5-3-9-25-7-1-2-8-26-10-4-6-20-13(23)17-18-14(20)24/h1-10H2,(H,15,21)(H,16,22)(H,17,23)(H,18,24). The zero-order chi connectivity index (χ0) is 18.8. The van der Waals surface area contributed by atoms with Gasteiger partial charge in [-0.25, -0.2) is 48.7 Å². The Morgan fingerprint density at radius 2 is 0.846 bits per heavy atom. The highest BCUT2D eigenvalue weighted by molar-refractivity contribution is 4.65. The van der Waals surface area contributed by atoms with Crippen LogP contribution >= 0.6 is 0 Å². The molecule has 0 atom stereocenters. The lowest BCUT2D eigenvalue weighted by Gasteiger charge is -2.05. The average Bonchev–Trinajstić information content (AvgIpc) is 3.11. The first-order chi connectivity index (χ1) is 12.6. The number of aromatic amines is 4. The van der Waals surface area contributed by atoms with Crippen LogP contribution in [0.4, 0.5) is 0 Å². The predicted octanol–water partition coefficient (Wildman–Crippen LogP) is -1.66. The van der Waals surface area contributed by atoms with Crippen molar-refractivity contribution in [2.45, 2.75) is 38.8 Å². The summed E-state index contributed by atoms with van der Waals surface area (Å²) in [5.74, 6) is 0. The Bertz CT molecular complexity index is 740. The summed E-state index contributed by atoms with van der Waals surface area (Å²) in [6, 6.07) is 0. The molecule has 26 heavy (non-hydrogen) atoms. The molecular weight excluding hydrogens is 348 g/mol. The molecule has 0 amide bonds. The van der Waals surface area contributed by atoms with Crippen LogP contribution in [0.5, 0.6) is 0 Å². The summed E-state index contributed by atoms with van der Waals surface area (Å²) < 4.78 is 13.1. The molecule has 0 radical (unpaired) electrons. The third-order valence-electron chi connectivity index (χ3n) is 3.70. The van der Waals surface area contributed by atoms with Crippen molar-refractivity contribution >= 4 is 0 Å². The van der Waals surface area contributed by atoms with Gasteiger partial charge in [0.15, 0.2) is 0 Å². The number of unbranched alkanes of at least 4 members (excludes halogenated alkanes) is 1. The summed E-state index contributed by atoms with van der Waals surface area (Å²) in [5.41, 5.74) is -1.78. The molecule has 2 aromatic rings. The Hall–Kier alpha value is -2.60. The Morgan fingerprint density at radius 3 is 1.19 bits per heavy atom. The van der Waals surface area contributed by atoms with Crippen LogP contribution in [0.15, 0.2) is 19.2 Å². The number of rotatable bonds is 13. The molecule has 0 spiro atoms. The van der Waals surface area contributed by atoms with Gasteiger partial charge in [-0.2, -0.15) is 0 Å². The molecular formula is C14H24N6O6. The molecule has 0 aromatic carbocycles. The van der Waals surface area contributed by atoms with Crippen LogP contribution in [-0.2, 0) is 22.6 Å². The summed E-state index contributed by atoms with van der Waals surface area (Å²) >= 11 is 0. The normalized spacial score (nSPS) is 11.2. The summed E-state index contributed by atoms with van der Waals surface area (Å²) in [4.78, 5) is 45.0. The molecule has 146 valence electrons. The zero-order valence-corrected chi connectivity index (χ0v) is 14.4. The minimum absolute atomic E-state index is 0.313. The van der Waals surface area contributed by atoms with Gasteiger partial charge in [0.25, 0.3) is 0 Å². The van der Waals surface area contributed by atoms with Gasteiger partial charge in [0.2, 0.25) is 0 Å². The molecule has 0 unspecified atom stereocenters. The van der Waals surface area contributed by atoms with E-state index < -0.39 is 22.8 Å². The molecule has 0 bridgehead atoms. The molecule has 2 rings (SSSR count). The van der Waals surface area contributed by atoms with Gasteiger partial charge >= 0.3 is 22.8 Å². The van der Waals surface area contributed by atoms with E-state index in [1.807, 2.05) is 0 Å². The van der Waals surface area contributed by atoms with Gasteiger partial charge in [0.1, 0.15) is 0 Å². The first-order valence-electron chi connectivity index (χ1n) is 8.50. The third-order valence-corrected chi connectivity index (χ3v) is 3.70. The van der Waals surface area contributed by atoms with Crippen molar-refractivity contribution in [3.8, 4) is 0 Å². The van der Waals surface area contributed by atoms with E-state index >= 15 is 0 Å². The van der Waals surface area contributed by atoms with Gasteiger partial charge in [-0.3, -0.25) is 0 Å². The summed E-state index contributed by atoms with van der Waals surface area (Å²) in [6.45, 7) is 2.73. The zero-order valence-electron chi connectivity index (χ0n) is 14.4. The molecule has 0 aliphatic carbocycles. The van der Waals surface area contributed by atoms with Gasteiger partial charge in [0, 0.05) is 39.5 Å². The Morgan fingerprint density at radius 1 is 0.538 bits per heavy atom. The van der Waals surface area contributed by atoms with E-state index in [0.717, 1.165) is 22.0 Å². The SMILES string of the molecule is O=c1[nH][nH]c(=O)n1CCCOCCCCOCCCn1c(=O)[nH][nH]c1=O. The topological polar surface area (TPSA) is 160 Å². The molecule has 2 aromatic heterocycles. The molecule has 0 saturated carbocycles. The van der Waals surface area contributed by atoms with Crippen molar-refractivity contribution in [1.82, 2.24) is 29.5 Å². The maximum Gasteiger partial charge on any atom is 0.344 e. The quantitative estimate of drug-likeness (QED) is 0.308. The van der Waals surface area contributed by atoms with Crippen molar-refractivity contribution in [1.29, 1.82) is 0 Å². The number of aromatic nitrogens is 6. The molecule has 0 saturated heterocycles. The van der Waals surface area contributed by atoms with Crippen LogP contribution < -0.4 is 22.8 Å². The van der Waals surface area contributed by atoms with Crippen LogP contribution in [0.3, 0.4) is 0 Å². The van der Waals surface area contributed by atoms with E-state index in [0.29, 0.717) is 52.4 Å². The lowest BCUT2D eigenvalue weighted by Crippen LogP contribution is -2.27. The molecule has 0 fully saturated rings. The maximum absolute atomic E-state index is 11.2. The molecule has 4 N–H and O–H groups in total. The second kappa shape index (κ2) is 10.4. The minimum Gasteiger partial charge on any atom is -0.381 e. The van der Waals surface area contributed by atoms with Gasteiger partial charge < -0.3 is 9.47 Å². The number of hydrogen-bond donors (Lipinski definition) is 4. The highest BCUT2D eigenvalue weighted by Gasteiger charge is 2.02. The fraction of sp³-hybridized carbons (Fsp3) is 0.714. The molecule has 2 heterocycles. The fourth-order valence-electron chi connectivity index (χ4n) is 2.34.